The van der Waals surface area contributed by atoms with Crippen LogP contribution in [0.2, 0.25) is 0 Å². The van der Waals surface area contributed by atoms with E-state index in [0.717, 1.165) is 18.0 Å². The molecule has 0 amide bonds. The van der Waals surface area contributed by atoms with Gasteiger partial charge in [-0.25, -0.2) is 0 Å². The monoisotopic (exact) mass is 258 g/mol. The molecule has 4 nitrogen and oxygen atoms in total. The summed E-state index contributed by atoms with van der Waals surface area (Å²) in [6.07, 6.45) is 3.60. The summed E-state index contributed by atoms with van der Waals surface area (Å²) in [5.41, 5.74) is 5.33. The van der Waals surface area contributed by atoms with Crippen molar-refractivity contribution < 1.29 is 0 Å². The number of hydrogen-bond donors (Lipinski definition) is 2. The molecule has 2 atom stereocenters. The fourth-order valence-corrected chi connectivity index (χ4v) is 2.99. The zero-order chi connectivity index (χ0) is 13.4. The molecule has 1 aromatic carbocycles. The highest BCUT2D eigenvalue weighted by Gasteiger charge is 2.33. The second-order valence-electron chi connectivity index (χ2n) is 5.76. The molecule has 1 aliphatic rings. The topological polar surface area (TPSA) is 55.9 Å². The molecule has 0 spiro atoms. The molecule has 1 saturated carbocycles. The van der Waals surface area contributed by atoms with Gasteiger partial charge in [0.2, 0.25) is 0 Å². The third-order valence-corrected chi connectivity index (χ3v) is 4.46. The van der Waals surface area contributed by atoms with Crippen molar-refractivity contribution in [1.29, 1.82) is 0 Å². The molecule has 2 aromatic rings. The summed E-state index contributed by atoms with van der Waals surface area (Å²) in [6.45, 7) is 2.30. The van der Waals surface area contributed by atoms with E-state index in [9.17, 15) is 0 Å². The van der Waals surface area contributed by atoms with E-state index in [-0.39, 0.29) is 0 Å². The lowest BCUT2D eigenvalue weighted by molar-refractivity contribution is 0.341. The van der Waals surface area contributed by atoms with Gasteiger partial charge in [0.15, 0.2) is 0 Å². The summed E-state index contributed by atoms with van der Waals surface area (Å²) in [5.74, 6) is 7.21. The number of hydrazine groups is 1. The van der Waals surface area contributed by atoms with Crippen molar-refractivity contribution in [2.24, 2.45) is 24.7 Å². The van der Waals surface area contributed by atoms with Crippen LogP contribution in [-0.2, 0) is 13.5 Å². The first kappa shape index (κ1) is 12.6. The zero-order valence-corrected chi connectivity index (χ0v) is 11.6. The maximum Gasteiger partial charge on any atom is 0.0719 e. The second-order valence-corrected chi connectivity index (χ2v) is 5.76. The Morgan fingerprint density at radius 1 is 1.42 bits per heavy atom. The maximum absolute atomic E-state index is 5.75. The van der Waals surface area contributed by atoms with Crippen LogP contribution in [0.25, 0.3) is 10.9 Å². The maximum atomic E-state index is 5.75. The summed E-state index contributed by atoms with van der Waals surface area (Å²) < 4.78 is 1.96. The Morgan fingerprint density at radius 2 is 2.16 bits per heavy atom. The smallest absolute Gasteiger partial charge is 0.0719 e. The van der Waals surface area contributed by atoms with Crippen LogP contribution in [0.3, 0.4) is 0 Å². The normalized spacial score (nSPS) is 18.7. The number of hydrogen-bond acceptors (Lipinski definition) is 3. The zero-order valence-electron chi connectivity index (χ0n) is 11.6. The fraction of sp³-hybridized carbons (Fsp3) is 0.533. The minimum Gasteiger partial charge on any atom is -0.271 e. The number of nitrogens with one attached hydrogen (secondary N) is 1. The molecule has 0 bridgehead atoms. The van der Waals surface area contributed by atoms with Crippen LogP contribution in [0.4, 0.5) is 0 Å². The third-order valence-electron chi connectivity index (χ3n) is 4.46. The standard InChI is InChI=1S/C15H22N4/c1-10(11-7-8-11)13(17-16)9-14-12-5-3-4-6-15(12)19(2)18-14/h3-6,10-11,13,17H,7-9,16H2,1-2H3. The first-order valence-electron chi connectivity index (χ1n) is 7.07. The summed E-state index contributed by atoms with van der Waals surface area (Å²) in [4.78, 5) is 0. The Balaban J connectivity index is 1.87. The number of nitrogens with two attached hydrogens (primary N) is 1. The molecule has 19 heavy (non-hydrogen) atoms. The van der Waals surface area contributed by atoms with Crippen molar-refractivity contribution >= 4 is 10.9 Å². The summed E-state index contributed by atoms with van der Waals surface area (Å²) >= 11 is 0. The summed E-state index contributed by atoms with van der Waals surface area (Å²) in [6, 6.07) is 8.70. The van der Waals surface area contributed by atoms with Crippen LogP contribution >= 0.6 is 0 Å². The first-order valence-corrected chi connectivity index (χ1v) is 7.07. The Labute approximate surface area is 113 Å². The SMILES string of the molecule is CC(C1CC1)C(Cc1nn(C)c2ccccc12)NN. The Morgan fingerprint density at radius 3 is 2.84 bits per heavy atom. The van der Waals surface area contributed by atoms with Crippen LogP contribution in [0.5, 0.6) is 0 Å². The molecular formula is C15H22N4. The Kier molecular flexibility index (Phi) is 3.29. The molecular weight excluding hydrogens is 236 g/mol. The molecule has 1 aliphatic carbocycles. The lowest BCUT2D eigenvalue weighted by Gasteiger charge is -2.22. The number of fused-ring (bicyclic) bond motifs is 1. The van der Waals surface area contributed by atoms with E-state index in [1.54, 1.807) is 0 Å². The van der Waals surface area contributed by atoms with E-state index >= 15 is 0 Å². The van der Waals surface area contributed by atoms with Gasteiger partial charge in [-0.1, -0.05) is 25.1 Å². The van der Waals surface area contributed by atoms with Crippen LogP contribution in [0, 0.1) is 11.8 Å². The molecule has 1 heterocycles. The van der Waals surface area contributed by atoms with Gasteiger partial charge < -0.3 is 0 Å². The fourth-order valence-electron chi connectivity index (χ4n) is 2.99. The van der Waals surface area contributed by atoms with Gasteiger partial charge in [-0.2, -0.15) is 5.10 Å². The molecule has 0 saturated heterocycles. The van der Waals surface area contributed by atoms with E-state index in [2.05, 4.69) is 41.7 Å². The molecule has 3 N–H and O–H groups in total. The third kappa shape index (κ3) is 2.38. The van der Waals surface area contributed by atoms with E-state index < -0.39 is 0 Å². The highest BCUT2D eigenvalue weighted by molar-refractivity contribution is 5.81. The number of aromatic nitrogens is 2. The van der Waals surface area contributed by atoms with Crippen molar-refractivity contribution in [3.05, 3.63) is 30.0 Å². The first-order chi connectivity index (χ1) is 9.20. The molecule has 1 aromatic heterocycles. The summed E-state index contributed by atoms with van der Waals surface area (Å²) in [5, 5.41) is 5.90. The van der Waals surface area contributed by atoms with Gasteiger partial charge in [0.05, 0.1) is 11.2 Å². The number of benzene rings is 1. The molecule has 1 fully saturated rings. The Hall–Kier alpha value is -1.39. The molecule has 0 radical (unpaired) electrons. The molecule has 2 unspecified atom stereocenters. The second kappa shape index (κ2) is 4.94. The number of rotatable bonds is 5. The van der Waals surface area contributed by atoms with Gasteiger partial charge in [-0.05, 0) is 30.7 Å². The lowest BCUT2D eigenvalue weighted by Crippen LogP contribution is -2.42. The molecule has 4 heteroatoms. The van der Waals surface area contributed by atoms with Crippen molar-refractivity contribution in [2.45, 2.75) is 32.2 Å². The van der Waals surface area contributed by atoms with Crippen LogP contribution in [0.1, 0.15) is 25.5 Å². The van der Waals surface area contributed by atoms with Crippen LogP contribution in [0.15, 0.2) is 24.3 Å². The highest BCUT2D eigenvalue weighted by Crippen LogP contribution is 2.38. The quantitative estimate of drug-likeness (QED) is 0.637. The number of nitrogens with zero attached hydrogens (tertiary/aromatic N) is 2. The van der Waals surface area contributed by atoms with E-state index in [1.807, 2.05) is 11.7 Å². The predicted molar refractivity (Wildman–Crippen MR) is 77.4 cm³/mol. The number of aryl methyl sites for hydroxylation is 1. The van der Waals surface area contributed by atoms with Crippen LogP contribution in [-0.4, -0.2) is 15.8 Å². The van der Waals surface area contributed by atoms with Gasteiger partial charge in [-0.15, -0.1) is 0 Å². The van der Waals surface area contributed by atoms with Crippen molar-refractivity contribution in [2.75, 3.05) is 0 Å². The molecule has 0 aliphatic heterocycles. The van der Waals surface area contributed by atoms with Gasteiger partial charge >= 0.3 is 0 Å². The van der Waals surface area contributed by atoms with E-state index in [0.29, 0.717) is 12.0 Å². The average molecular weight is 258 g/mol. The van der Waals surface area contributed by atoms with Crippen molar-refractivity contribution in [3.63, 3.8) is 0 Å². The average Bonchev–Trinajstić information content (AvgIpc) is 3.23. The van der Waals surface area contributed by atoms with E-state index in [4.69, 9.17) is 5.84 Å². The largest absolute Gasteiger partial charge is 0.271 e. The predicted octanol–water partition coefficient (Wildman–Crippen LogP) is 1.99. The van der Waals surface area contributed by atoms with Gasteiger partial charge in [0.25, 0.3) is 0 Å². The highest BCUT2D eigenvalue weighted by atomic mass is 15.3. The minimum atomic E-state index is 0.311. The Bertz CT molecular complexity index is 571. The molecule has 3 rings (SSSR count). The van der Waals surface area contributed by atoms with E-state index in [1.165, 1.54) is 23.7 Å². The number of para-hydroxylation sites is 1. The van der Waals surface area contributed by atoms with Crippen LogP contribution < -0.4 is 11.3 Å². The van der Waals surface area contributed by atoms with Gasteiger partial charge in [0, 0.05) is 24.9 Å². The van der Waals surface area contributed by atoms with Crippen molar-refractivity contribution in [1.82, 2.24) is 15.2 Å². The van der Waals surface area contributed by atoms with Gasteiger partial charge in [-0.3, -0.25) is 16.0 Å². The lowest BCUT2D eigenvalue weighted by atomic mass is 9.93. The summed E-state index contributed by atoms with van der Waals surface area (Å²) in [7, 11) is 2.00. The van der Waals surface area contributed by atoms with Crippen molar-refractivity contribution in [3.8, 4) is 0 Å². The molecule has 102 valence electrons. The minimum absolute atomic E-state index is 0.311. The van der Waals surface area contributed by atoms with Gasteiger partial charge in [0.1, 0.15) is 0 Å².